The minimum absolute atomic E-state index is 0.0657. The van der Waals surface area contributed by atoms with Gasteiger partial charge in [-0.05, 0) is 43.2 Å². The Bertz CT molecular complexity index is 734. The Kier molecular flexibility index (Phi) is 7.01. The Morgan fingerprint density at radius 1 is 1.16 bits per heavy atom. The van der Waals surface area contributed by atoms with Gasteiger partial charge in [0.2, 0.25) is 0 Å². The van der Waals surface area contributed by atoms with Gasteiger partial charge in [-0.15, -0.1) is 11.8 Å². The molecule has 25 heavy (non-hydrogen) atoms. The predicted molar refractivity (Wildman–Crippen MR) is 97.1 cm³/mol. The van der Waals surface area contributed by atoms with Gasteiger partial charge in [0.05, 0.1) is 5.75 Å². The molecule has 6 heteroatoms. The zero-order chi connectivity index (χ0) is 18.2. The summed E-state index contributed by atoms with van der Waals surface area (Å²) in [6.45, 7) is 3.55. The van der Waals surface area contributed by atoms with Crippen molar-refractivity contribution in [1.82, 2.24) is 0 Å². The molecule has 0 spiro atoms. The van der Waals surface area contributed by atoms with E-state index in [-0.39, 0.29) is 11.6 Å². The number of hydrogen-bond donors (Lipinski definition) is 1. The number of halogens is 1. The predicted octanol–water partition coefficient (Wildman–Crippen LogP) is 4.05. The van der Waals surface area contributed by atoms with Crippen LogP contribution < -0.4 is 5.32 Å². The van der Waals surface area contributed by atoms with Crippen LogP contribution in [0.25, 0.3) is 0 Å². The Hall–Kier alpha value is -2.34. The molecule has 1 N–H and O–H groups in total. The van der Waals surface area contributed by atoms with Gasteiger partial charge in [-0.2, -0.15) is 0 Å². The van der Waals surface area contributed by atoms with Crippen LogP contribution in [0.2, 0.25) is 0 Å². The van der Waals surface area contributed by atoms with E-state index in [4.69, 9.17) is 4.74 Å². The minimum atomic E-state index is -0.931. The number of rotatable bonds is 7. The lowest BCUT2D eigenvalue weighted by atomic mass is 10.1. The Morgan fingerprint density at radius 2 is 1.84 bits per heavy atom. The molecule has 4 nitrogen and oxygen atoms in total. The second kappa shape index (κ2) is 9.22. The fraction of sp³-hybridized carbons (Fsp3) is 0.263. The highest BCUT2D eigenvalue weighted by Gasteiger charge is 2.18. The third-order valence-electron chi connectivity index (χ3n) is 3.49. The number of esters is 1. The summed E-state index contributed by atoms with van der Waals surface area (Å²) in [5, 5.41) is 2.70. The van der Waals surface area contributed by atoms with Crippen molar-refractivity contribution in [1.29, 1.82) is 0 Å². The summed E-state index contributed by atoms with van der Waals surface area (Å²) in [4.78, 5) is 24.3. The van der Waals surface area contributed by atoms with E-state index >= 15 is 0 Å². The highest BCUT2D eigenvalue weighted by molar-refractivity contribution is 8.00. The molecule has 2 aromatic carbocycles. The molecule has 0 fully saturated rings. The van der Waals surface area contributed by atoms with Crippen LogP contribution in [0, 0.1) is 5.82 Å². The molecule has 0 radical (unpaired) electrons. The first-order valence-electron chi connectivity index (χ1n) is 7.96. The van der Waals surface area contributed by atoms with Crippen molar-refractivity contribution in [3.63, 3.8) is 0 Å². The Labute approximate surface area is 150 Å². The molecule has 1 amide bonds. The fourth-order valence-electron chi connectivity index (χ4n) is 2.05. The van der Waals surface area contributed by atoms with Gasteiger partial charge in [0.15, 0.2) is 6.10 Å². The van der Waals surface area contributed by atoms with Crippen molar-refractivity contribution in [2.75, 3.05) is 11.1 Å². The Balaban J connectivity index is 1.81. The molecule has 132 valence electrons. The summed E-state index contributed by atoms with van der Waals surface area (Å²) in [7, 11) is 0. The first-order chi connectivity index (χ1) is 12.0. The third-order valence-corrected chi connectivity index (χ3v) is 4.51. The largest absolute Gasteiger partial charge is 0.452 e. The summed E-state index contributed by atoms with van der Waals surface area (Å²) in [5.41, 5.74) is 1.81. The van der Waals surface area contributed by atoms with Crippen LogP contribution in [-0.2, 0) is 20.7 Å². The maximum Gasteiger partial charge on any atom is 0.317 e. The van der Waals surface area contributed by atoms with Crippen molar-refractivity contribution < 1.29 is 18.7 Å². The summed E-state index contributed by atoms with van der Waals surface area (Å²) in [6.07, 6.45) is -0.0124. The van der Waals surface area contributed by atoms with E-state index in [1.807, 2.05) is 12.1 Å². The van der Waals surface area contributed by atoms with Gasteiger partial charge in [0, 0.05) is 10.6 Å². The lowest BCUT2D eigenvalue weighted by Crippen LogP contribution is -2.30. The monoisotopic (exact) mass is 361 g/mol. The van der Waals surface area contributed by atoms with Crippen molar-refractivity contribution in [3.05, 3.63) is 59.9 Å². The molecule has 0 aliphatic rings. The molecule has 0 heterocycles. The van der Waals surface area contributed by atoms with E-state index in [2.05, 4.69) is 12.2 Å². The van der Waals surface area contributed by atoms with Crippen LogP contribution in [0.4, 0.5) is 10.1 Å². The van der Waals surface area contributed by atoms with Gasteiger partial charge in [0.1, 0.15) is 5.82 Å². The average Bonchev–Trinajstić information content (AvgIpc) is 2.61. The number of thioether (sulfide) groups is 1. The van der Waals surface area contributed by atoms with Crippen molar-refractivity contribution in [2.24, 2.45) is 0 Å². The number of nitrogens with one attached hydrogen (secondary N) is 1. The number of carbonyl (C=O) groups is 2. The molecule has 2 rings (SSSR count). The smallest absolute Gasteiger partial charge is 0.317 e. The van der Waals surface area contributed by atoms with Crippen LogP contribution in [0.1, 0.15) is 19.4 Å². The minimum Gasteiger partial charge on any atom is -0.452 e. The molecule has 0 aromatic heterocycles. The number of anilines is 1. The number of amides is 1. The fourth-order valence-corrected chi connectivity index (χ4v) is 2.77. The van der Waals surface area contributed by atoms with E-state index in [0.717, 1.165) is 18.2 Å². The summed E-state index contributed by atoms with van der Waals surface area (Å²) >= 11 is 1.04. The lowest BCUT2D eigenvalue weighted by Gasteiger charge is -2.13. The summed E-state index contributed by atoms with van der Waals surface area (Å²) in [6, 6.07) is 13.7. The average molecular weight is 361 g/mol. The van der Waals surface area contributed by atoms with Crippen LogP contribution in [0.15, 0.2) is 53.4 Å². The zero-order valence-electron chi connectivity index (χ0n) is 14.1. The highest BCUT2D eigenvalue weighted by atomic mass is 32.2. The molecule has 0 bridgehead atoms. The molecular weight excluding hydrogens is 341 g/mol. The number of carbonyl (C=O) groups excluding carboxylic acids is 2. The molecule has 0 saturated carbocycles. The number of benzene rings is 2. The van der Waals surface area contributed by atoms with E-state index in [1.165, 1.54) is 18.6 Å². The van der Waals surface area contributed by atoms with Crippen molar-refractivity contribution in [2.45, 2.75) is 31.3 Å². The van der Waals surface area contributed by atoms with Crippen molar-refractivity contribution >= 4 is 29.3 Å². The van der Waals surface area contributed by atoms with Gasteiger partial charge < -0.3 is 10.1 Å². The number of aryl methyl sites for hydroxylation is 1. The van der Waals surface area contributed by atoms with Gasteiger partial charge in [-0.1, -0.05) is 31.2 Å². The van der Waals surface area contributed by atoms with Crippen LogP contribution in [0.3, 0.4) is 0 Å². The van der Waals surface area contributed by atoms with E-state index < -0.39 is 18.0 Å². The molecule has 0 unspecified atom stereocenters. The summed E-state index contributed by atoms with van der Waals surface area (Å²) < 4.78 is 18.6. The maximum absolute atomic E-state index is 13.5. The first kappa shape index (κ1) is 19.0. The number of ether oxygens (including phenoxy) is 1. The normalized spacial score (nSPS) is 11.6. The lowest BCUT2D eigenvalue weighted by molar-refractivity contribution is -0.150. The van der Waals surface area contributed by atoms with Gasteiger partial charge in [-0.25, -0.2) is 4.39 Å². The third kappa shape index (κ3) is 5.90. The highest BCUT2D eigenvalue weighted by Crippen LogP contribution is 2.21. The molecule has 0 aliphatic heterocycles. The SMILES string of the molecule is CCc1ccc(NC(=O)[C@@H](C)OC(=O)CSc2ccccc2F)cc1. The molecule has 1 atom stereocenters. The second-order valence-electron chi connectivity index (χ2n) is 5.39. The second-order valence-corrected chi connectivity index (χ2v) is 6.41. The standard InChI is InChI=1S/C19H20FNO3S/c1-3-14-8-10-15(11-9-14)21-19(23)13(2)24-18(22)12-25-17-7-5-4-6-16(17)20/h4-11,13H,3,12H2,1-2H3,(H,21,23)/t13-/m1/s1. The summed E-state index contributed by atoms with van der Waals surface area (Å²) in [5.74, 6) is -1.43. The van der Waals surface area contributed by atoms with E-state index in [0.29, 0.717) is 10.6 Å². The van der Waals surface area contributed by atoms with Crippen molar-refractivity contribution in [3.8, 4) is 0 Å². The van der Waals surface area contributed by atoms with Crippen LogP contribution in [-0.4, -0.2) is 23.7 Å². The molecule has 0 aliphatic carbocycles. The van der Waals surface area contributed by atoms with Crippen LogP contribution >= 0.6 is 11.8 Å². The van der Waals surface area contributed by atoms with Gasteiger partial charge in [0.25, 0.3) is 5.91 Å². The Morgan fingerprint density at radius 3 is 2.48 bits per heavy atom. The maximum atomic E-state index is 13.5. The molecule has 2 aromatic rings. The number of hydrogen-bond acceptors (Lipinski definition) is 4. The van der Waals surface area contributed by atoms with E-state index in [1.54, 1.807) is 30.3 Å². The molecular formula is C19H20FNO3S. The zero-order valence-corrected chi connectivity index (χ0v) is 14.9. The van der Waals surface area contributed by atoms with Gasteiger partial charge in [-0.3, -0.25) is 9.59 Å². The quantitative estimate of drug-likeness (QED) is 0.597. The topological polar surface area (TPSA) is 55.4 Å². The first-order valence-corrected chi connectivity index (χ1v) is 8.94. The van der Waals surface area contributed by atoms with Crippen LogP contribution in [0.5, 0.6) is 0 Å². The van der Waals surface area contributed by atoms with Gasteiger partial charge >= 0.3 is 5.97 Å². The molecule has 0 saturated heterocycles. The van der Waals surface area contributed by atoms with E-state index in [9.17, 15) is 14.0 Å².